The Kier molecular flexibility index (Phi) is 9.17. The van der Waals surface area contributed by atoms with Crippen LogP contribution in [0.15, 0.2) is 23.8 Å². The Balaban J connectivity index is 1.62. The zero-order valence-corrected chi connectivity index (χ0v) is 30.7. The minimum Gasteiger partial charge on any atom is -0.462 e. The molecule has 0 amide bonds. The van der Waals surface area contributed by atoms with Crippen LogP contribution in [0.4, 0.5) is 0 Å². The van der Waals surface area contributed by atoms with Crippen LogP contribution in [0.3, 0.4) is 0 Å². The molecule has 2 saturated carbocycles. The molecule has 1 saturated heterocycles. The third-order valence-corrected chi connectivity index (χ3v) is 12.7. The van der Waals surface area contributed by atoms with Crippen molar-refractivity contribution in [2.24, 2.45) is 45.3 Å². The zero-order chi connectivity index (χ0) is 36.6. The third-order valence-electron chi connectivity index (χ3n) is 12.7. The molecule has 0 radical (unpaired) electrons. The molecule has 4 aliphatic carbocycles. The first kappa shape index (κ1) is 36.9. The van der Waals surface area contributed by atoms with E-state index in [1.165, 1.54) is 27.7 Å². The fraction of sp³-hybridized carbons (Fsp3) is 0.737. The molecule has 0 bridgehead atoms. The van der Waals surface area contributed by atoms with Gasteiger partial charge in [0, 0.05) is 56.8 Å². The summed E-state index contributed by atoms with van der Waals surface area (Å²) in [6.07, 6.45) is 3.53. The van der Waals surface area contributed by atoms with Crippen LogP contribution in [-0.4, -0.2) is 65.6 Å². The summed E-state index contributed by atoms with van der Waals surface area (Å²) in [5.74, 6) is -3.79. The molecular weight excluding hydrogens is 632 g/mol. The summed E-state index contributed by atoms with van der Waals surface area (Å²) in [7, 11) is 0. The maximum absolute atomic E-state index is 13.8. The molecule has 270 valence electrons. The number of fused-ring (bicyclic) bond motifs is 5. The highest BCUT2D eigenvalue weighted by Gasteiger charge is 2.72. The van der Waals surface area contributed by atoms with E-state index in [0.717, 1.165) is 5.57 Å². The van der Waals surface area contributed by atoms with Crippen molar-refractivity contribution in [2.45, 2.75) is 132 Å². The van der Waals surface area contributed by atoms with Crippen molar-refractivity contribution in [2.75, 3.05) is 0 Å². The van der Waals surface area contributed by atoms with Crippen molar-refractivity contribution in [1.29, 1.82) is 0 Å². The fourth-order valence-corrected chi connectivity index (χ4v) is 11.1. The maximum atomic E-state index is 13.8. The van der Waals surface area contributed by atoms with Gasteiger partial charge in [0.05, 0.1) is 0 Å². The SMILES string of the molecule is CC(=O)O[C@H]1O[C@H](C(C)(C)OC(C)=O)C(=O)C[C@H]1[C@@H]1CC=C2[C@@]3(C)[C@H]([C@H](OC(C)=O)C[C@]21C)[C@@]1(C)C=CC(=O)C(C)(C)[C@@H]1C[C@H]3OC(C)=O. The number of esters is 4. The smallest absolute Gasteiger partial charge is 0.304 e. The molecule has 1 heterocycles. The number of rotatable bonds is 6. The highest BCUT2D eigenvalue weighted by atomic mass is 16.7. The van der Waals surface area contributed by atoms with Gasteiger partial charge in [0.25, 0.3) is 0 Å². The first-order chi connectivity index (χ1) is 22.5. The van der Waals surface area contributed by atoms with E-state index >= 15 is 0 Å². The number of ether oxygens (including phenoxy) is 5. The van der Waals surface area contributed by atoms with Gasteiger partial charge >= 0.3 is 23.9 Å². The molecule has 5 aliphatic rings. The Morgan fingerprint density at radius 1 is 0.878 bits per heavy atom. The van der Waals surface area contributed by atoms with E-state index in [1.54, 1.807) is 19.9 Å². The van der Waals surface area contributed by atoms with Crippen LogP contribution in [0, 0.1) is 45.3 Å². The molecule has 0 aromatic carbocycles. The van der Waals surface area contributed by atoms with E-state index in [-0.39, 0.29) is 35.7 Å². The summed E-state index contributed by atoms with van der Waals surface area (Å²) in [6, 6.07) is 0. The lowest BCUT2D eigenvalue weighted by atomic mass is 9.37. The normalized spacial score (nSPS) is 41.0. The first-order valence-corrected chi connectivity index (χ1v) is 17.3. The standard InChI is InChI=1S/C38H52O11/c1-19(39)45-26-18-37(10)24(23-16-25(43)32(35(7,8)49-22(4)42)48-33(23)47-21(3)41)12-13-27(37)38(11)30(46-20(2)40)17-28-34(5,6)29(44)14-15-36(28,9)31(26)38/h13-15,23-24,26,28,30-33H,12,16-18H2,1-11H3/t23-,24-,26+,28-,30+,31+,32-,33-,36-,37-,38+/m0/s1. The lowest BCUT2D eigenvalue weighted by molar-refractivity contribution is -0.254. The van der Waals surface area contributed by atoms with Crippen LogP contribution < -0.4 is 0 Å². The Morgan fingerprint density at radius 2 is 1.49 bits per heavy atom. The first-order valence-electron chi connectivity index (χ1n) is 17.3. The highest BCUT2D eigenvalue weighted by molar-refractivity contribution is 5.96. The predicted molar refractivity (Wildman–Crippen MR) is 175 cm³/mol. The van der Waals surface area contributed by atoms with E-state index in [0.29, 0.717) is 19.3 Å². The van der Waals surface area contributed by atoms with Gasteiger partial charge < -0.3 is 23.7 Å². The van der Waals surface area contributed by atoms with E-state index in [1.807, 2.05) is 19.9 Å². The average Bonchev–Trinajstić information content (AvgIpc) is 3.28. The summed E-state index contributed by atoms with van der Waals surface area (Å²) < 4.78 is 29.9. The lowest BCUT2D eigenvalue weighted by Crippen LogP contribution is -2.68. The number of allylic oxidation sites excluding steroid dienone is 3. The third kappa shape index (κ3) is 5.87. The maximum Gasteiger partial charge on any atom is 0.304 e. The van der Waals surface area contributed by atoms with Gasteiger partial charge in [-0.3, -0.25) is 28.8 Å². The fourth-order valence-electron chi connectivity index (χ4n) is 11.1. The van der Waals surface area contributed by atoms with Gasteiger partial charge in [0.1, 0.15) is 17.8 Å². The summed E-state index contributed by atoms with van der Waals surface area (Å²) in [5.41, 5.74) is -3.19. The number of Topliss-reactive ketones (excluding diaryl/α,β-unsaturated/α-hetero) is 1. The Morgan fingerprint density at radius 3 is 2.06 bits per heavy atom. The van der Waals surface area contributed by atoms with Crippen molar-refractivity contribution in [3.05, 3.63) is 23.8 Å². The Labute approximate surface area is 288 Å². The number of ketones is 2. The van der Waals surface area contributed by atoms with Crippen LogP contribution in [0.1, 0.15) is 102 Å². The second-order valence-corrected chi connectivity index (χ2v) is 16.7. The molecule has 49 heavy (non-hydrogen) atoms. The quantitative estimate of drug-likeness (QED) is 0.206. The summed E-state index contributed by atoms with van der Waals surface area (Å²) in [5, 5.41) is 0. The van der Waals surface area contributed by atoms with Gasteiger partial charge in [0.2, 0.25) is 6.29 Å². The molecule has 0 spiro atoms. The topological polar surface area (TPSA) is 149 Å². The molecule has 5 rings (SSSR count). The van der Waals surface area contributed by atoms with Crippen molar-refractivity contribution in [3.8, 4) is 0 Å². The monoisotopic (exact) mass is 684 g/mol. The van der Waals surface area contributed by atoms with Crippen molar-refractivity contribution >= 4 is 35.4 Å². The second kappa shape index (κ2) is 12.2. The summed E-state index contributed by atoms with van der Waals surface area (Å²) >= 11 is 0. The Bertz CT molecular complexity index is 1520. The van der Waals surface area contributed by atoms with Gasteiger partial charge in [-0.25, -0.2) is 0 Å². The van der Waals surface area contributed by atoms with Gasteiger partial charge in [-0.15, -0.1) is 0 Å². The van der Waals surface area contributed by atoms with E-state index in [4.69, 9.17) is 23.7 Å². The van der Waals surface area contributed by atoms with Gasteiger partial charge in [-0.05, 0) is 61.9 Å². The van der Waals surface area contributed by atoms with Crippen LogP contribution in [-0.2, 0) is 52.5 Å². The number of hydrogen-bond donors (Lipinski definition) is 0. The largest absolute Gasteiger partial charge is 0.462 e. The summed E-state index contributed by atoms with van der Waals surface area (Å²) in [6.45, 7) is 18.6. The van der Waals surface area contributed by atoms with E-state index < -0.39 is 81.7 Å². The number of carbonyl (C=O) groups is 6. The molecule has 11 atom stereocenters. The van der Waals surface area contributed by atoms with E-state index in [9.17, 15) is 28.8 Å². The zero-order valence-electron chi connectivity index (χ0n) is 30.7. The van der Waals surface area contributed by atoms with Gasteiger partial charge in [-0.2, -0.15) is 0 Å². The molecular formula is C38H52O11. The molecule has 0 unspecified atom stereocenters. The van der Waals surface area contributed by atoms with Crippen molar-refractivity contribution in [3.63, 3.8) is 0 Å². The van der Waals surface area contributed by atoms with Gasteiger partial charge in [0.15, 0.2) is 17.7 Å². The van der Waals surface area contributed by atoms with Crippen LogP contribution in [0.5, 0.6) is 0 Å². The molecule has 1 aliphatic heterocycles. The van der Waals surface area contributed by atoms with Crippen molar-refractivity contribution in [1.82, 2.24) is 0 Å². The molecule has 0 N–H and O–H groups in total. The van der Waals surface area contributed by atoms with Crippen LogP contribution >= 0.6 is 0 Å². The Hall–Kier alpha value is -3.34. The van der Waals surface area contributed by atoms with Crippen LogP contribution in [0.2, 0.25) is 0 Å². The molecule has 11 heteroatoms. The molecule has 3 fully saturated rings. The van der Waals surface area contributed by atoms with E-state index in [2.05, 4.69) is 26.8 Å². The molecule has 11 nitrogen and oxygen atoms in total. The summed E-state index contributed by atoms with van der Waals surface area (Å²) in [4.78, 5) is 77.0. The van der Waals surface area contributed by atoms with Gasteiger partial charge in [-0.1, -0.05) is 52.3 Å². The lowest BCUT2D eigenvalue weighted by Gasteiger charge is -2.68. The number of carbonyl (C=O) groups excluding carboxylic acids is 6. The minimum absolute atomic E-state index is 0.000732. The minimum atomic E-state index is -1.31. The van der Waals surface area contributed by atoms with Crippen molar-refractivity contribution < 1.29 is 52.5 Å². The molecule has 0 aromatic rings. The average molecular weight is 685 g/mol. The number of hydrogen-bond acceptors (Lipinski definition) is 11. The molecule has 0 aromatic heterocycles. The van der Waals surface area contributed by atoms with Crippen LogP contribution in [0.25, 0.3) is 0 Å². The highest BCUT2D eigenvalue weighted by Crippen LogP contribution is 2.73. The second-order valence-electron chi connectivity index (χ2n) is 16.7. The predicted octanol–water partition coefficient (Wildman–Crippen LogP) is 5.23.